The van der Waals surface area contributed by atoms with E-state index in [9.17, 15) is 14.7 Å². The Morgan fingerprint density at radius 1 is 1.30 bits per heavy atom. The maximum Gasteiger partial charge on any atom is 0.293 e. The fraction of sp³-hybridized carbons (Fsp3) is 0.524. The fourth-order valence-electron chi connectivity index (χ4n) is 6.10. The molecule has 4 aliphatic rings. The summed E-state index contributed by atoms with van der Waals surface area (Å²) < 4.78 is 13.9. The molecule has 5 rings (SSSR count). The van der Waals surface area contributed by atoms with Crippen LogP contribution >= 0.6 is 0 Å². The van der Waals surface area contributed by atoms with E-state index >= 15 is 0 Å². The van der Waals surface area contributed by atoms with E-state index in [0.717, 1.165) is 24.1 Å². The zero-order valence-corrected chi connectivity index (χ0v) is 15.6. The molecule has 2 aliphatic carbocycles. The van der Waals surface area contributed by atoms with Gasteiger partial charge in [-0.1, -0.05) is 12.2 Å². The Morgan fingerprint density at radius 3 is 2.70 bits per heavy atom. The first-order valence-electron chi connectivity index (χ1n) is 9.85. The number of carbonyl (C=O) groups is 2. The predicted octanol–water partition coefficient (Wildman–Crippen LogP) is 1.60. The summed E-state index contributed by atoms with van der Waals surface area (Å²) in [6.07, 6.45) is 3.95. The van der Waals surface area contributed by atoms with Gasteiger partial charge in [0.15, 0.2) is 23.1 Å². The zero-order valence-electron chi connectivity index (χ0n) is 16.6. The van der Waals surface area contributed by atoms with Crippen LogP contribution in [0.5, 0.6) is 11.5 Å². The third-order valence-electron chi connectivity index (χ3n) is 7.13. The van der Waals surface area contributed by atoms with Crippen LogP contribution in [0.1, 0.15) is 52.1 Å². The summed E-state index contributed by atoms with van der Waals surface area (Å²) in [5.74, 6) is -0.0477. The van der Waals surface area contributed by atoms with Gasteiger partial charge in [0.25, 0.3) is 1.43 Å². The van der Waals surface area contributed by atoms with Crippen molar-refractivity contribution in [3.8, 4) is 11.5 Å². The molecular formula is C21H23NO5. The Hall–Kier alpha value is -2.18. The molecule has 0 unspecified atom stereocenters. The first-order valence-corrected chi connectivity index (χ1v) is 9.44. The Kier molecular flexibility index (Phi) is 3.05. The van der Waals surface area contributed by atoms with Crippen molar-refractivity contribution < 1.29 is 24.5 Å². The SMILES string of the molecule is [2H]Oc1c2c3c(c(C(C)=O)c1C(C)=O)C[C@@H]1[C@@H]4C=C[C@H](O)[C@H](O2)[C@]34CCN1C. The fourth-order valence-corrected chi connectivity index (χ4v) is 6.10. The van der Waals surface area contributed by atoms with E-state index in [1.807, 2.05) is 0 Å². The largest absolute Gasteiger partial charge is 0.504 e. The number of rotatable bonds is 3. The molecule has 1 spiro atoms. The van der Waals surface area contributed by atoms with E-state index in [0.29, 0.717) is 17.7 Å². The molecule has 5 atom stereocenters. The summed E-state index contributed by atoms with van der Waals surface area (Å²) in [4.78, 5) is 27.4. The van der Waals surface area contributed by atoms with E-state index < -0.39 is 17.6 Å². The first-order chi connectivity index (χ1) is 13.3. The van der Waals surface area contributed by atoms with Crippen molar-refractivity contribution >= 4 is 11.6 Å². The number of aromatic hydroxyl groups is 1. The first kappa shape index (κ1) is 15.8. The van der Waals surface area contributed by atoms with E-state index in [1.165, 1.54) is 13.8 Å². The number of phenols is 1. The van der Waals surface area contributed by atoms with Crippen LogP contribution in [0.15, 0.2) is 12.2 Å². The Morgan fingerprint density at radius 2 is 2.04 bits per heavy atom. The molecule has 2 N–H and O–H groups in total. The molecule has 6 heteroatoms. The van der Waals surface area contributed by atoms with Gasteiger partial charge in [0.2, 0.25) is 0 Å². The van der Waals surface area contributed by atoms with Gasteiger partial charge in [-0.25, -0.2) is 0 Å². The van der Waals surface area contributed by atoms with Crippen LogP contribution in [0.25, 0.3) is 0 Å². The summed E-state index contributed by atoms with van der Waals surface area (Å²) in [6, 6.07) is 0.155. The van der Waals surface area contributed by atoms with Crippen LogP contribution in [-0.4, -0.2) is 60.0 Å². The lowest BCUT2D eigenvalue weighted by Gasteiger charge is -2.56. The maximum absolute atomic E-state index is 12.7. The molecule has 0 radical (unpaired) electrons. The number of nitrogens with zero attached hydrogens (tertiary/aromatic N) is 1. The van der Waals surface area contributed by atoms with Gasteiger partial charge >= 0.3 is 0 Å². The van der Waals surface area contributed by atoms with E-state index in [1.54, 1.807) is 6.08 Å². The number of phenolic OH excluding ortho intramolecular Hbond substituents is 1. The van der Waals surface area contributed by atoms with Gasteiger partial charge in [0.05, 0.1) is 5.56 Å². The highest BCUT2D eigenvalue weighted by Crippen LogP contribution is 2.63. The molecule has 0 aromatic heterocycles. The minimum atomic E-state index is -0.793. The normalized spacial score (nSPS) is 35.9. The molecule has 1 fully saturated rings. The second kappa shape index (κ2) is 5.20. The average Bonchev–Trinajstić information content (AvgIpc) is 2.99. The third-order valence-corrected chi connectivity index (χ3v) is 7.13. The number of benzene rings is 1. The number of hydrogen-bond donors (Lipinski definition) is 2. The summed E-state index contributed by atoms with van der Waals surface area (Å²) in [6.45, 7) is 3.67. The van der Waals surface area contributed by atoms with Crippen molar-refractivity contribution in [2.75, 3.05) is 13.6 Å². The summed E-state index contributed by atoms with van der Waals surface area (Å²) in [7, 11) is 2.08. The number of likely N-dealkylation sites (N-methyl/N-ethyl adjacent to an activating group) is 1. The van der Waals surface area contributed by atoms with E-state index in [2.05, 4.69) is 18.0 Å². The van der Waals surface area contributed by atoms with Crippen molar-refractivity contribution in [1.82, 2.24) is 4.90 Å². The number of ketones is 2. The van der Waals surface area contributed by atoms with Gasteiger partial charge in [-0.15, -0.1) is 0 Å². The van der Waals surface area contributed by atoms with E-state index in [4.69, 9.17) is 11.3 Å². The van der Waals surface area contributed by atoms with Gasteiger partial charge in [-0.05, 0) is 45.8 Å². The molecule has 2 heterocycles. The summed E-state index contributed by atoms with van der Waals surface area (Å²) >= 11 is 0. The van der Waals surface area contributed by atoms with Crippen LogP contribution in [0.2, 0.25) is 0 Å². The number of aliphatic hydroxyl groups excluding tert-OH is 1. The van der Waals surface area contributed by atoms with E-state index in [-0.39, 0.29) is 34.8 Å². The van der Waals surface area contributed by atoms with Gasteiger partial charge in [-0.2, -0.15) is 0 Å². The highest BCUT2D eigenvalue weighted by molar-refractivity contribution is 6.11. The lowest BCUT2D eigenvalue weighted by molar-refractivity contribution is -0.0453. The lowest BCUT2D eigenvalue weighted by Crippen LogP contribution is -2.65. The van der Waals surface area contributed by atoms with Crippen molar-refractivity contribution in [2.24, 2.45) is 5.92 Å². The summed E-state index contributed by atoms with van der Waals surface area (Å²) in [5.41, 5.74) is 1.69. The Bertz CT molecular complexity index is 957. The smallest absolute Gasteiger partial charge is 0.293 e. The second-order valence-electron chi connectivity index (χ2n) is 8.36. The van der Waals surface area contributed by atoms with Crippen LogP contribution in [-0.2, 0) is 11.8 Å². The number of piperidine rings is 1. The van der Waals surface area contributed by atoms with Crippen molar-refractivity contribution in [1.29, 1.82) is 1.43 Å². The minimum Gasteiger partial charge on any atom is -0.504 e. The van der Waals surface area contributed by atoms with Crippen LogP contribution < -0.4 is 4.74 Å². The zero-order chi connectivity index (χ0) is 20.0. The predicted molar refractivity (Wildman–Crippen MR) is 97.6 cm³/mol. The molecule has 1 aromatic carbocycles. The number of aliphatic hydroxyl groups is 1. The molecule has 6 nitrogen and oxygen atoms in total. The van der Waals surface area contributed by atoms with Crippen molar-refractivity contribution in [2.45, 2.75) is 50.4 Å². The van der Waals surface area contributed by atoms with Crippen LogP contribution in [0.3, 0.4) is 0 Å². The molecule has 142 valence electrons. The summed E-state index contributed by atoms with van der Waals surface area (Å²) in [5, 5.41) is 15.6. The molecule has 2 aliphatic heterocycles. The lowest BCUT2D eigenvalue weighted by atomic mass is 9.52. The maximum atomic E-state index is 12.7. The highest BCUT2D eigenvalue weighted by Gasteiger charge is 2.65. The number of likely N-dealkylation sites (tertiary alicyclic amines) is 1. The Balaban J connectivity index is 1.92. The molecule has 0 amide bonds. The third kappa shape index (κ3) is 1.83. The van der Waals surface area contributed by atoms with Gasteiger partial charge in [0, 0.05) is 28.5 Å². The number of Topliss-reactive ketones (excluding diaryl/α,β-unsaturated/α-hetero) is 2. The van der Waals surface area contributed by atoms with Gasteiger partial charge in [0.1, 0.15) is 12.2 Å². The molecule has 27 heavy (non-hydrogen) atoms. The molecule has 1 aromatic rings. The van der Waals surface area contributed by atoms with Gasteiger partial charge in [-0.3, -0.25) is 9.59 Å². The average molecular weight is 370 g/mol. The van der Waals surface area contributed by atoms with Crippen LogP contribution in [0.4, 0.5) is 0 Å². The topological polar surface area (TPSA) is 87.1 Å². The second-order valence-corrected chi connectivity index (χ2v) is 8.36. The Labute approximate surface area is 158 Å². The molecular weight excluding hydrogens is 346 g/mol. The highest BCUT2D eigenvalue weighted by atomic mass is 16.5. The molecule has 2 bridgehead atoms. The standard InChI is InChI=1S/C21H23NO5/c1-9(23)15-11-8-13-12-4-5-14(25)20-21(12,6-7-22(13)3)17(11)19(27-20)18(26)16(15)10(2)24/h4-5,12-14,20,25-26H,6-8H2,1-3H3/t12-,13+,14-,20-,21-/m0/s1/i/hD. The monoisotopic (exact) mass is 370 g/mol. The van der Waals surface area contributed by atoms with Crippen molar-refractivity contribution in [3.63, 3.8) is 0 Å². The molecule has 0 saturated carbocycles. The quantitative estimate of drug-likeness (QED) is 0.621. The number of hydrogen-bond acceptors (Lipinski definition) is 6. The number of carbonyl (C=O) groups excluding carboxylic acids is 2. The minimum absolute atomic E-state index is 0.00329. The van der Waals surface area contributed by atoms with Crippen LogP contribution in [0, 0.1) is 5.92 Å². The molecule has 1 saturated heterocycles. The van der Waals surface area contributed by atoms with Crippen molar-refractivity contribution in [3.05, 3.63) is 34.4 Å². The van der Waals surface area contributed by atoms with Gasteiger partial charge < -0.3 is 19.9 Å². The number of ether oxygens (including phenoxy) is 1.